The third-order valence-corrected chi connectivity index (χ3v) is 5.79. The van der Waals surface area contributed by atoms with E-state index in [9.17, 15) is 24.6 Å². The molecule has 1 atom stereocenters. The summed E-state index contributed by atoms with van der Waals surface area (Å²) in [4.78, 5) is 36.8. The number of hydrogen-bond donors (Lipinski definition) is 3. The zero-order valence-corrected chi connectivity index (χ0v) is 18.2. The minimum atomic E-state index is -0.630. The monoisotopic (exact) mass is 473 g/mol. The van der Waals surface area contributed by atoms with Gasteiger partial charge in [0.2, 0.25) is 5.43 Å². The molecule has 2 heterocycles. The Morgan fingerprint density at radius 3 is 2.60 bits per heavy atom. The highest BCUT2D eigenvalue weighted by molar-refractivity contribution is 5.94. The van der Waals surface area contributed by atoms with Crippen LogP contribution in [0.2, 0.25) is 0 Å². The van der Waals surface area contributed by atoms with Crippen LogP contribution in [0.25, 0.3) is 22.1 Å². The standard InChI is InChI=1S/C26H19NO8/c27-21(30)12-33-16-3-1-2-14(8-16)17-9-22(31)35-20-10-19(29)24-25(32)18(11-34-26(24)23(17)20)13-4-6-15(28)7-5-13/h1-8,10-11,17,28-29H,9,12H2,(H2,27,30)/t17-/m0/s1. The molecule has 1 amide bonds. The summed E-state index contributed by atoms with van der Waals surface area (Å²) in [5.74, 6) is -1.61. The van der Waals surface area contributed by atoms with Crippen molar-refractivity contribution in [3.05, 3.63) is 82.2 Å². The normalized spacial score (nSPS) is 14.9. The number of phenols is 2. The van der Waals surface area contributed by atoms with E-state index in [1.165, 1.54) is 24.5 Å². The van der Waals surface area contributed by atoms with Crippen molar-refractivity contribution in [2.45, 2.75) is 12.3 Å². The number of esters is 1. The number of rotatable bonds is 5. The Morgan fingerprint density at radius 2 is 1.86 bits per heavy atom. The van der Waals surface area contributed by atoms with E-state index in [2.05, 4.69) is 0 Å². The third kappa shape index (κ3) is 4.04. The average Bonchev–Trinajstić information content (AvgIpc) is 2.83. The second kappa shape index (κ2) is 8.53. The van der Waals surface area contributed by atoms with Gasteiger partial charge in [0.05, 0.1) is 12.0 Å². The summed E-state index contributed by atoms with van der Waals surface area (Å²) in [6, 6.07) is 14.0. The highest BCUT2D eigenvalue weighted by Crippen LogP contribution is 2.46. The smallest absolute Gasteiger partial charge is 0.312 e. The van der Waals surface area contributed by atoms with Crippen LogP contribution >= 0.6 is 0 Å². The van der Waals surface area contributed by atoms with Gasteiger partial charge in [0.25, 0.3) is 5.91 Å². The molecule has 5 rings (SSSR count). The summed E-state index contributed by atoms with van der Waals surface area (Å²) in [7, 11) is 0. The topological polar surface area (TPSA) is 149 Å². The summed E-state index contributed by atoms with van der Waals surface area (Å²) in [6.07, 6.45) is 1.23. The average molecular weight is 473 g/mol. The minimum absolute atomic E-state index is 0.0440. The maximum absolute atomic E-state index is 13.4. The molecule has 3 aromatic carbocycles. The van der Waals surface area contributed by atoms with Gasteiger partial charge in [-0.1, -0.05) is 24.3 Å². The van der Waals surface area contributed by atoms with Gasteiger partial charge in [0.1, 0.15) is 40.2 Å². The van der Waals surface area contributed by atoms with Crippen LogP contribution in [0.15, 0.2) is 70.1 Å². The van der Waals surface area contributed by atoms with E-state index in [0.717, 1.165) is 0 Å². The summed E-state index contributed by atoms with van der Waals surface area (Å²) < 4.78 is 16.6. The number of aromatic hydroxyl groups is 2. The molecule has 0 radical (unpaired) electrons. The Morgan fingerprint density at radius 1 is 1.09 bits per heavy atom. The van der Waals surface area contributed by atoms with E-state index in [4.69, 9.17) is 19.6 Å². The Bertz CT molecular complexity index is 1540. The molecular formula is C26H19NO8. The van der Waals surface area contributed by atoms with Crippen LogP contribution in [0.1, 0.15) is 23.5 Å². The largest absolute Gasteiger partial charge is 0.508 e. The molecular weight excluding hydrogens is 454 g/mol. The molecule has 9 nitrogen and oxygen atoms in total. The molecule has 176 valence electrons. The lowest BCUT2D eigenvalue weighted by Crippen LogP contribution is -2.22. The number of carbonyl (C=O) groups is 2. The van der Waals surface area contributed by atoms with Crippen molar-refractivity contribution in [1.29, 1.82) is 0 Å². The molecule has 35 heavy (non-hydrogen) atoms. The first-order valence-corrected chi connectivity index (χ1v) is 10.6. The first-order chi connectivity index (χ1) is 16.8. The van der Waals surface area contributed by atoms with Gasteiger partial charge >= 0.3 is 5.97 Å². The fourth-order valence-corrected chi connectivity index (χ4v) is 4.23. The number of primary amides is 1. The van der Waals surface area contributed by atoms with E-state index in [0.29, 0.717) is 22.4 Å². The van der Waals surface area contributed by atoms with Gasteiger partial charge in [0.15, 0.2) is 6.61 Å². The van der Waals surface area contributed by atoms with Crippen LogP contribution in [0.3, 0.4) is 0 Å². The van der Waals surface area contributed by atoms with Crippen LogP contribution < -0.4 is 20.6 Å². The van der Waals surface area contributed by atoms with Crippen LogP contribution in [-0.2, 0) is 9.59 Å². The Labute approximate surface area is 197 Å². The number of amides is 1. The maximum atomic E-state index is 13.4. The van der Waals surface area contributed by atoms with E-state index in [-0.39, 0.29) is 46.8 Å². The predicted octanol–water partition coefficient (Wildman–Crippen LogP) is 3.18. The fraction of sp³-hybridized carbons (Fsp3) is 0.115. The van der Waals surface area contributed by atoms with E-state index >= 15 is 0 Å². The number of benzene rings is 3. The quantitative estimate of drug-likeness (QED) is 0.296. The molecule has 0 saturated carbocycles. The van der Waals surface area contributed by atoms with Crippen molar-refractivity contribution in [3.63, 3.8) is 0 Å². The molecule has 4 N–H and O–H groups in total. The van der Waals surface area contributed by atoms with E-state index in [1.54, 1.807) is 36.4 Å². The van der Waals surface area contributed by atoms with Crippen LogP contribution in [-0.4, -0.2) is 28.7 Å². The van der Waals surface area contributed by atoms with Crippen molar-refractivity contribution in [2.75, 3.05) is 6.61 Å². The van der Waals surface area contributed by atoms with Gasteiger partial charge in [-0.25, -0.2) is 0 Å². The first kappa shape index (κ1) is 22.0. The highest BCUT2D eigenvalue weighted by atomic mass is 16.5. The number of fused-ring (bicyclic) bond motifs is 3. The SMILES string of the molecule is NC(=O)COc1cccc([C@@H]2CC(=O)Oc3cc(O)c4c(=O)c(-c5ccc(O)cc5)coc4c32)c1. The molecule has 1 aromatic heterocycles. The Hall–Kier alpha value is -4.79. The second-order valence-corrected chi connectivity index (χ2v) is 8.10. The number of nitrogens with two attached hydrogens (primary N) is 1. The van der Waals surface area contributed by atoms with Crippen molar-refractivity contribution >= 4 is 22.8 Å². The third-order valence-electron chi connectivity index (χ3n) is 5.79. The lowest BCUT2D eigenvalue weighted by atomic mass is 9.85. The lowest BCUT2D eigenvalue weighted by Gasteiger charge is -2.26. The summed E-state index contributed by atoms with van der Waals surface area (Å²) in [5.41, 5.74) is 6.54. The molecule has 0 spiro atoms. The molecule has 0 aliphatic carbocycles. The van der Waals surface area contributed by atoms with Gasteiger partial charge in [0, 0.05) is 17.5 Å². The number of phenolic OH excluding ortho intramolecular Hbond substituents is 2. The number of ether oxygens (including phenoxy) is 2. The van der Waals surface area contributed by atoms with Crippen LogP contribution in [0.5, 0.6) is 23.0 Å². The summed E-state index contributed by atoms with van der Waals surface area (Å²) >= 11 is 0. The molecule has 1 aliphatic rings. The summed E-state index contributed by atoms with van der Waals surface area (Å²) in [5, 5.41) is 20.2. The second-order valence-electron chi connectivity index (χ2n) is 8.10. The lowest BCUT2D eigenvalue weighted by molar-refractivity contribution is -0.135. The van der Waals surface area contributed by atoms with Gasteiger partial charge in [-0.15, -0.1) is 0 Å². The molecule has 9 heteroatoms. The van der Waals surface area contributed by atoms with Crippen LogP contribution in [0.4, 0.5) is 0 Å². The molecule has 4 aromatic rings. The van der Waals surface area contributed by atoms with Gasteiger partial charge in [-0.2, -0.15) is 0 Å². The van der Waals surface area contributed by atoms with E-state index < -0.39 is 23.2 Å². The van der Waals surface area contributed by atoms with Crippen molar-refractivity contribution in [3.8, 4) is 34.1 Å². The van der Waals surface area contributed by atoms with Crippen molar-refractivity contribution in [1.82, 2.24) is 0 Å². The number of hydrogen-bond acceptors (Lipinski definition) is 8. The zero-order valence-electron chi connectivity index (χ0n) is 18.2. The maximum Gasteiger partial charge on any atom is 0.312 e. The molecule has 1 aliphatic heterocycles. The Balaban J connectivity index is 1.68. The Kier molecular flexibility index (Phi) is 5.37. The van der Waals surface area contributed by atoms with Gasteiger partial charge in [-0.05, 0) is 35.4 Å². The van der Waals surface area contributed by atoms with Gasteiger partial charge in [-0.3, -0.25) is 14.4 Å². The minimum Gasteiger partial charge on any atom is -0.508 e. The zero-order chi connectivity index (χ0) is 24.7. The molecule has 0 saturated heterocycles. The fourth-order valence-electron chi connectivity index (χ4n) is 4.23. The van der Waals surface area contributed by atoms with Crippen LogP contribution in [0, 0.1) is 0 Å². The van der Waals surface area contributed by atoms with Gasteiger partial charge < -0.3 is 29.8 Å². The first-order valence-electron chi connectivity index (χ1n) is 10.6. The number of carbonyl (C=O) groups excluding carboxylic acids is 2. The highest BCUT2D eigenvalue weighted by Gasteiger charge is 2.34. The molecule has 0 fully saturated rings. The predicted molar refractivity (Wildman–Crippen MR) is 124 cm³/mol. The van der Waals surface area contributed by atoms with Crippen molar-refractivity contribution in [2.24, 2.45) is 5.73 Å². The summed E-state index contributed by atoms with van der Waals surface area (Å²) in [6.45, 7) is -0.307. The van der Waals surface area contributed by atoms with Crippen molar-refractivity contribution < 1.29 is 33.7 Å². The van der Waals surface area contributed by atoms with E-state index in [1.807, 2.05) is 0 Å². The molecule has 0 unspecified atom stereocenters. The molecule has 0 bridgehead atoms.